The van der Waals surface area contributed by atoms with Crippen LogP contribution in [0.5, 0.6) is 0 Å². The number of Topliss-reactive ketones (excluding diaryl/α,β-unsaturated/α-hetero) is 3. The minimum absolute atomic E-state index is 0.00370. The van der Waals surface area contributed by atoms with Crippen LogP contribution in [0.4, 0.5) is 8.78 Å². The minimum Gasteiger partial charge on any atom is -0.299 e. The molecule has 0 radical (unpaired) electrons. The molecule has 4 saturated carbocycles. The van der Waals surface area contributed by atoms with E-state index in [0.29, 0.717) is 65.0 Å². The van der Waals surface area contributed by atoms with Crippen molar-refractivity contribution in [2.75, 3.05) is 0 Å². The molecule has 0 spiro atoms. The summed E-state index contributed by atoms with van der Waals surface area (Å²) in [6, 6.07) is 21.3. The topological polar surface area (TPSA) is 51.2 Å². The van der Waals surface area contributed by atoms with Gasteiger partial charge >= 0.3 is 0 Å². The average Bonchev–Trinajstić information content (AvgIpc) is 4.18. The van der Waals surface area contributed by atoms with Crippen LogP contribution >= 0.6 is 69.6 Å². The van der Waals surface area contributed by atoms with Crippen molar-refractivity contribution >= 4 is 87.0 Å². The number of halogens is 8. The third-order valence-electron chi connectivity index (χ3n) is 16.2. The molecule has 4 aromatic rings. The summed E-state index contributed by atoms with van der Waals surface area (Å²) >= 11 is 35.7. The van der Waals surface area contributed by atoms with E-state index in [1.807, 2.05) is 105 Å². The number of rotatable bonds is 8. The SMILES string of the molecule is C=C([C@H]1CCC[C@@H]1c1ccc(Cl)cc1F)C(C)(C)C.CC(C)(C)C(=O)[C@@H]1CCC[C@H]1c1ccc(Cl)c(Cl)c1.CC(C)(C)C(=O)[C@@H]1CCC[C@H]1c1ccc(Cl)cc1F.CC(C)(C)C(=O)[C@H]1CCC[C@@H]1c1ccc(Cl)c(Cl)c1. The fourth-order valence-corrected chi connectivity index (χ4v) is 13.0. The van der Waals surface area contributed by atoms with E-state index in [1.165, 1.54) is 17.7 Å². The summed E-state index contributed by atoms with van der Waals surface area (Å²) in [6.45, 7) is 28.6. The van der Waals surface area contributed by atoms with E-state index in [-0.39, 0.29) is 68.7 Å². The molecule has 0 saturated heterocycles. The highest BCUT2D eigenvalue weighted by atomic mass is 35.5. The molecule has 3 nitrogen and oxygen atoms in total. The molecule has 8 atom stereocenters. The number of hydrogen-bond donors (Lipinski definition) is 0. The van der Waals surface area contributed by atoms with Crippen molar-refractivity contribution in [2.24, 2.45) is 45.3 Å². The van der Waals surface area contributed by atoms with E-state index in [2.05, 4.69) is 27.4 Å². The van der Waals surface area contributed by atoms with Crippen LogP contribution in [0.15, 0.2) is 84.9 Å². The summed E-state index contributed by atoms with van der Waals surface area (Å²) in [5.74, 6) is 1.92. The van der Waals surface area contributed by atoms with E-state index >= 15 is 0 Å². The molecule has 4 aliphatic rings. The largest absolute Gasteiger partial charge is 0.299 e. The van der Waals surface area contributed by atoms with Gasteiger partial charge in [-0.1, -0.05) is 215 Å². The quantitative estimate of drug-likeness (QED) is 0.165. The number of carbonyl (C=O) groups is 3. The van der Waals surface area contributed by atoms with Crippen LogP contribution in [-0.4, -0.2) is 17.3 Å². The van der Waals surface area contributed by atoms with Gasteiger partial charge in [0.1, 0.15) is 29.0 Å². The van der Waals surface area contributed by atoms with Crippen LogP contribution in [0.3, 0.4) is 0 Å². The van der Waals surface area contributed by atoms with Gasteiger partial charge < -0.3 is 0 Å². The third kappa shape index (κ3) is 16.7. The molecule has 76 heavy (non-hydrogen) atoms. The van der Waals surface area contributed by atoms with Gasteiger partial charge in [0.25, 0.3) is 0 Å². The Balaban J connectivity index is 0.000000187. The Morgan fingerprint density at radius 1 is 0.395 bits per heavy atom. The Hall–Kier alpha value is -2.77. The molecule has 416 valence electrons. The van der Waals surface area contributed by atoms with Crippen LogP contribution < -0.4 is 0 Å². The number of benzene rings is 4. The van der Waals surface area contributed by atoms with Crippen molar-refractivity contribution in [2.45, 2.75) is 184 Å². The van der Waals surface area contributed by atoms with Crippen LogP contribution in [0.25, 0.3) is 0 Å². The highest BCUT2D eigenvalue weighted by Crippen LogP contribution is 2.50. The van der Waals surface area contributed by atoms with Gasteiger partial charge in [0.2, 0.25) is 0 Å². The summed E-state index contributed by atoms with van der Waals surface area (Å²) in [7, 11) is 0. The van der Waals surface area contributed by atoms with E-state index in [0.717, 1.165) is 93.7 Å². The Labute approximate surface area is 485 Å². The standard InChI is InChI=1S/C17H22ClF.2C16H20Cl2O.C16H20ClFO/c1-11(17(2,3)4)13-6-5-7-14(13)15-9-8-12(18)10-16(15)19;2*1-16(2,3)15(19)12-6-4-5-11(12)10-7-8-13(17)14(18)9-10;1-16(2,3)15(19)13-6-4-5-11(13)12-8-7-10(17)9-14(12)18/h8-10,13-14H,1,5-7H2,2-4H3;2*7-9,11-12H,4-6H2,1-3H3;7-9,11,13H,4-6H2,1-3H3/t13-,14+;2*11-,12+;11-,13+/m1100/s1. The molecule has 0 N–H and O–H groups in total. The molecule has 0 amide bonds. The minimum atomic E-state index is -0.365. The lowest BCUT2D eigenvalue weighted by Crippen LogP contribution is -2.30. The Morgan fingerprint density at radius 2 is 0.697 bits per heavy atom. The van der Waals surface area contributed by atoms with Crippen LogP contribution in [0.2, 0.25) is 30.1 Å². The average molecular weight is 1160 g/mol. The lowest BCUT2D eigenvalue weighted by molar-refractivity contribution is -0.131. The van der Waals surface area contributed by atoms with Crippen LogP contribution in [-0.2, 0) is 14.4 Å². The van der Waals surface area contributed by atoms with Crippen molar-refractivity contribution < 1.29 is 23.2 Å². The predicted molar refractivity (Wildman–Crippen MR) is 318 cm³/mol. The molecule has 0 unspecified atom stereocenters. The van der Waals surface area contributed by atoms with Gasteiger partial charge in [0.15, 0.2) is 0 Å². The first-order valence-corrected chi connectivity index (χ1v) is 29.6. The summed E-state index contributed by atoms with van der Waals surface area (Å²) in [4.78, 5) is 37.6. The first-order valence-electron chi connectivity index (χ1n) is 27.3. The Kier molecular flexibility index (Phi) is 22.5. The summed E-state index contributed by atoms with van der Waals surface area (Å²) in [5, 5.41) is 3.16. The zero-order valence-corrected chi connectivity index (χ0v) is 51.5. The highest BCUT2D eigenvalue weighted by molar-refractivity contribution is 6.42. The number of allylic oxidation sites excluding steroid dienone is 1. The lowest BCUT2D eigenvalue weighted by Gasteiger charge is -2.31. The van der Waals surface area contributed by atoms with Crippen LogP contribution in [0, 0.1) is 57.0 Å². The Bertz CT molecular complexity index is 2500. The monoisotopic (exact) mass is 1160 g/mol. The maximum Gasteiger partial charge on any atom is 0.141 e. The van der Waals surface area contributed by atoms with Crippen molar-refractivity contribution in [1.82, 2.24) is 0 Å². The number of ketones is 3. The van der Waals surface area contributed by atoms with E-state index in [4.69, 9.17) is 69.6 Å². The zero-order valence-electron chi connectivity index (χ0n) is 47.0. The molecule has 0 heterocycles. The summed E-state index contributed by atoms with van der Waals surface area (Å²) < 4.78 is 28.2. The number of hydrogen-bond acceptors (Lipinski definition) is 3. The number of carbonyl (C=O) groups excluding carboxylic acids is 3. The first kappa shape index (κ1) is 64.1. The Morgan fingerprint density at radius 3 is 1.00 bits per heavy atom. The first-order chi connectivity index (χ1) is 35.2. The zero-order chi connectivity index (χ0) is 56.8. The second-order valence-electron chi connectivity index (χ2n) is 25.9. The van der Waals surface area contributed by atoms with Gasteiger partial charge in [-0.3, -0.25) is 14.4 Å². The second-order valence-corrected chi connectivity index (χ2v) is 28.4. The fraction of sp³-hybridized carbons (Fsp3) is 0.554. The smallest absolute Gasteiger partial charge is 0.141 e. The molecule has 11 heteroatoms. The van der Waals surface area contributed by atoms with Gasteiger partial charge in [-0.2, -0.15) is 0 Å². The molecule has 4 aromatic carbocycles. The van der Waals surface area contributed by atoms with Crippen molar-refractivity contribution in [3.63, 3.8) is 0 Å². The molecular weight excluding hydrogens is 1080 g/mol. The van der Waals surface area contributed by atoms with Gasteiger partial charge in [-0.05, 0) is 157 Å². The normalized spacial score (nSPS) is 23.6. The van der Waals surface area contributed by atoms with Gasteiger partial charge in [-0.25, -0.2) is 8.78 Å². The van der Waals surface area contributed by atoms with Crippen molar-refractivity contribution in [3.8, 4) is 0 Å². The molecule has 0 aliphatic heterocycles. The molecule has 8 rings (SSSR count). The third-order valence-corrected chi connectivity index (χ3v) is 18.1. The van der Waals surface area contributed by atoms with E-state index < -0.39 is 0 Å². The maximum atomic E-state index is 14.1. The van der Waals surface area contributed by atoms with Gasteiger partial charge in [0.05, 0.1) is 20.1 Å². The maximum absolute atomic E-state index is 14.1. The molecule has 4 aliphatic carbocycles. The van der Waals surface area contributed by atoms with Crippen LogP contribution in [0.1, 0.15) is 206 Å². The van der Waals surface area contributed by atoms with Crippen molar-refractivity contribution in [1.29, 1.82) is 0 Å². The van der Waals surface area contributed by atoms with Gasteiger partial charge in [-0.15, -0.1) is 0 Å². The summed E-state index contributed by atoms with van der Waals surface area (Å²) in [5.41, 5.74) is 4.15. The highest BCUT2D eigenvalue weighted by Gasteiger charge is 2.42. The predicted octanol–water partition coefficient (Wildman–Crippen LogP) is 21.9. The van der Waals surface area contributed by atoms with Crippen molar-refractivity contribution in [3.05, 3.63) is 149 Å². The lowest BCUT2D eigenvalue weighted by atomic mass is 9.74. The second kappa shape index (κ2) is 26.7. The van der Waals surface area contributed by atoms with Gasteiger partial charge in [0, 0.05) is 44.0 Å². The molecule has 0 bridgehead atoms. The molecule has 4 fully saturated rings. The fourth-order valence-electron chi connectivity index (χ4n) is 12.1. The van der Waals surface area contributed by atoms with E-state index in [9.17, 15) is 23.2 Å². The molecule has 0 aromatic heterocycles. The summed E-state index contributed by atoms with van der Waals surface area (Å²) in [6.07, 6.45) is 12.3. The molecular formula is C65H82Cl6F2O3. The van der Waals surface area contributed by atoms with E-state index in [1.54, 1.807) is 18.2 Å².